The van der Waals surface area contributed by atoms with Crippen LogP contribution in [-0.4, -0.2) is 24.5 Å². The third-order valence-electron chi connectivity index (χ3n) is 3.94. The Kier molecular flexibility index (Phi) is 4.27. The Morgan fingerprint density at radius 3 is 2.67 bits per heavy atom. The number of nitrogens with zero attached hydrogens (tertiary/aromatic N) is 1. The number of halogens is 2. The van der Waals surface area contributed by atoms with Crippen LogP contribution >= 0.6 is 0 Å². The van der Waals surface area contributed by atoms with Gasteiger partial charge in [0, 0.05) is 37.8 Å². The summed E-state index contributed by atoms with van der Waals surface area (Å²) in [5.41, 5.74) is 1.61. The average molecular weight is 288 g/mol. The number of hydrogen-bond acceptors (Lipinski definition) is 2. The first-order valence-electron chi connectivity index (χ1n) is 7.18. The molecule has 1 saturated heterocycles. The van der Waals surface area contributed by atoms with Gasteiger partial charge in [-0.1, -0.05) is 42.5 Å². The highest BCUT2D eigenvalue weighted by atomic mass is 19.2. The summed E-state index contributed by atoms with van der Waals surface area (Å²) in [5, 5.41) is 3.37. The topological polar surface area (TPSA) is 15.3 Å². The molecule has 1 fully saturated rings. The van der Waals surface area contributed by atoms with E-state index in [0.717, 1.165) is 25.7 Å². The van der Waals surface area contributed by atoms with Crippen LogP contribution < -0.4 is 5.32 Å². The predicted octanol–water partition coefficient (Wildman–Crippen LogP) is 3.11. The van der Waals surface area contributed by atoms with Gasteiger partial charge >= 0.3 is 0 Å². The Balaban J connectivity index is 1.83. The van der Waals surface area contributed by atoms with Gasteiger partial charge in [0.05, 0.1) is 0 Å². The molecule has 1 aliphatic heterocycles. The molecule has 0 saturated carbocycles. The molecule has 0 spiro atoms. The first-order valence-corrected chi connectivity index (χ1v) is 7.18. The van der Waals surface area contributed by atoms with Crippen molar-refractivity contribution in [3.8, 4) is 0 Å². The Morgan fingerprint density at radius 2 is 1.86 bits per heavy atom. The van der Waals surface area contributed by atoms with Crippen molar-refractivity contribution in [1.29, 1.82) is 0 Å². The first-order chi connectivity index (χ1) is 10.3. The van der Waals surface area contributed by atoms with Gasteiger partial charge in [0.15, 0.2) is 11.6 Å². The molecule has 0 bridgehead atoms. The Hall–Kier alpha value is -1.78. The Labute approximate surface area is 123 Å². The average Bonchev–Trinajstić information content (AvgIpc) is 2.53. The van der Waals surface area contributed by atoms with Crippen LogP contribution in [0.1, 0.15) is 17.2 Å². The zero-order valence-electron chi connectivity index (χ0n) is 11.7. The molecule has 3 rings (SSSR count). The molecular weight excluding hydrogens is 270 g/mol. The molecule has 1 atom stereocenters. The number of piperazine rings is 1. The SMILES string of the molecule is Fc1cccc(CN2CCNCC2c2ccccc2)c1F. The van der Waals surface area contributed by atoms with E-state index in [0.29, 0.717) is 12.1 Å². The summed E-state index contributed by atoms with van der Waals surface area (Å²) in [5.74, 6) is -1.51. The lowest BCUT2D eigenvalue weighted by atomic mass is 10.0. The van der Waals surface area contributed by atoms with Crippen molar-refractivity contribution in [3.63, 3.8) is 0 Å². The zero-order valence-corrected chi connectivity index (χ0v) is 11.7. The summed E-state index contributed by atoms with van der Waals surface area (Å²) < 4.78 is 27.2. The molecule has 2 nitrogen and oxygen atoms in total. The van der Waals surface area contributed by atoms with E-state index >= 15 is 0 Å². The van der Waals surface area contributed by atoms with Crippen LogP contribution in [0.5, 0.6) is 0 Å². The number of rotatable bonds is 3. The third kappa shape index (κ3) is 3.12. The number of nitrogens with one attached hydrogen (secondary N) is 1. The van der Waals surface area contributed by atoms with Crippen LogP contribution in [0.2, 0.25) is 0 Å². The fourth-order valence-electron chi connectivity index (χ4n) is 2.83. The molecule has 0 amide bonds. The molecule has 0 aromatic heterocycles. The minimum Gasteiger partial charge on any atom is -0.314 e. The molecule has 1 aliphatic rings. The lowest BCUT2D eigenvalue weighted by molar-refractivity contribution is 0.151. The van der Waals surface area contributed by atoms with Crippen molar-refractivity contribution in [1.82, 2.24) is 10.2 Å². The second-order valence-electron chi connectivity index (χ2n) is 5.31. The van der Waals surface area contributed by atoms with Crippen LogP contribution in [0.4, 0.5) is 8.78 Å². The summed E-state index contributed by atoms with van der Waals surface area (Å²) in [7, 11) is 0. The molecule has 0 aliphatic carbocycles. The van der Waals surface area contributed by atoms with Gasteiger partial charge in [-0.3, -0.25) is 4.90 Å². The summed E-state index contributed by atoms with van der Waals surface area (Å²) in [4.78, 5) is 2.20. The fraction of sp³-hybridized carbons (Fsp3) is 0.294. The molecule has 1 N–H and O–H groups in total. The van der Waals surface area contributed by atoms with Crippen LogP contribution in [0.25, 0.3) is 0 Å². The van der Waals surface area contributed by atoms with Gasteiger partial charge in [-0.25, -0.2) is 8.78 Å². The van der Waals surface area contributed by atoms with Crippen LogP contribution in [0.3, 0.4) is 0 Å². The van der Waals surface area contributed by atoms with Gasteiger partial charge in [0.25, 0.3) is 0 Å². The highest BCUT2D eigenvalue weighted by Crippen LogP contribution is 2.25. The normalized spacial score (nSPS) is 19.6. The van der Waals surface area contributed by atoms with Gasteiger partial charge in [-0.2, -0.15) is 0 Å². The van der Waals surface area contributed by atoms with Gasteiger partial charge in [-0.05, 0) is 11.6 Å². The minimum atomic E-state index is -0.779. The molecule has 1 heterocycles. The molecular formula is C17H18F2N2. The summed E-state index contributed by atoms with van der Waals surface area (Å²) in [6.07, 6.45) is 0. The van der Waals surface area contributed by atoms with Gasteiger partial charge < -0.3 is 5.32 Å². The quantitative estimate of drug-likeness (QED) is 0.933. The second kappa shape index (κ2) is 6.33. The van der Waals surface area contributed by atoms with Crippen molar-refractivity contribution >= 4 is 0 Å². The van der Waals surface area contributed by atoms with Crippen molar-refractivity contribution in [2.24, 2.45) is 0 Å². The fourth-order valence-corrected chi connectivity index (χ4v) is 2.83. The van der Waals surface area contributed by atoms with Crippen molar-refractivity contribution in [2.45, 2.75) is 12.6 Å². The van der Waals surface area contributed by atoms with Crippen LogP contribution in [0, 0.1) is 11.6 Å². The Bertz CT molecular complexity index is 601. The van der Waals surface area contributed by atoms with Crippen molar-refractivity contribution in [2.75, 3.05) is 19.6 Å². The first kappa shape index (κ1) is 14.2. The van der Waals surface area contributed by atoms with Crippen molar-refractivity contribution < 1.29 is 8.78 Å². The standard InChI is InChI=1S/C17H18F2N2/c18-15-8-4-7-14(17(15)19)12-21-10-9-20-11-16(21)13-5-2-1-3-6-13/h1-8,16,20H,9-12H2. The van der Waals surface area contributed by atoms with E-state index < -0.39 is 11.6 Å². The molecule has 110 valence electrons. The number of benzene rings is 2. The van der Waals surface area contributed by atoms with Gasteiger partial charge in [0.2, 0.25) is 0 Å². The molecule has 2 aromatic rings. The van der Waals surface area contributed by atoms with E-state index in [1.807, 2.05) is 18.2 Å². The minimum absolute atomic E-state index is 0.183. The van der Waals surface area contributed by atoms with Crippen LogP contribution in [0.15, 0.2) is 48.5 Å². The summed E-state index contributed by atoms with van der Waals surface area (Å²) in [6.45, 7) is 2.92. The zero-order chi connectivity index (χ0) is 14.7. The van der Waals surface area contributed by atoms with Crippen LogP contribution in [-0.2, 0) is 6.54 Å². The lowest BCUT2D eigenvalue weighted by Gasteiger charge is -2.36. The van der Waals surface area contributed by atoms with E-state index in [4.69, 9.17) is 0 Å². The largest absolute Gasteiger partial charge is 0.314 e. The maximum Gasteiger partial charge on any atom is 0.163 e. The molecule has 0 radical (unpaired) electrons. The maximum atomic E-state index is 13.9. The smallest absolute Gasteiger partial charge is 0.163 e. The summed E-state index contributed by atoms with van der Waals surface area (Å²) in [6, 6.07) is 14.7. The van der Waals surface area contributed by atoms with Crippen molar-refractivity contribution in [3.05, 3.63) is 71.3 Å². The monoisotopic (exact) mass is 288 g/mol. The van der Waals surface area contributed by atoms with E-state index in [9.17, 15) is 8.78 Å². The van der Waals surface area contributed by atoms with E-state index in [1.54, 1.807) is 12.1 Å². The second-order valence-corrected chi connectivity index (χ2v) is 5.31. The molecule has 1 unspecified atom stereocenters. The van der Waals surface area contributed by atoms with E-state index in [-0.39, 0.29) is 6.04 Å². The maximum absolute atomic E-state index is 13.9. The van der Waals surface area contributed by atoms with Gasteiger partial charge in [-0.15, -0.1) is 0 Å². The van der Waals surface area contributed by atoms with Gasteiger partial charge in [0.1, 0.15) is 0 Å². The number of hydrogen-bond donors (Lipinski definition) is 1. The Morgan fingerprint density at radius 1 is 1.05 bits per heavy atom. The molecule has 21 heavy (non-hydrogen) atoms. The summed E-state index contributed by atoms with van der Waals surface area (Å²) >= 11 is 0. The molecule has 4 heteroatoms. The highest BCUT2D eigenvalue weighted by Gasteiger charge is 2.24. The van der Waals surface area contributed by atoms with E-state index in [2.05, 4.69) is 22.3 Å². The highest BCUT2D eigenvalue weighted by molar-refractivity contribution is 5.22. The third-order valence-corrected chi connectivity index (χ3v) is 3.94. The molecule has 2 aromatic carbocycles. The van der Waals surface area contributed by atoms with E-state index in [1.165, 1.54) is 5.56 Å². The predicted molar refractivity (Wildman–Crippen MR) is 78.8 cm³/mol. The lowest BCUT2D eigenvalue weighted by Crippen LogP contribution is -2.45.